The molecule has 4 rings (SSSR count). The average Bonchev–Trinajstić information content (AvgIpc) is 2.86. The molecular formula is C31H30Cl2N2O3S. The van der Waals surface area contributed by atoms with E-state index in [1.165, 1.54) is 11.9 Å². The molecule has 4 aromatic rings. The predicted octanol–water partition coefficient (Wildman–Crippen LogP) is 8.57. The summed E-state index contributed by atoms with van der Waals surface area (Å²) in [6.07, 6.45) is 1.03. The molecule has 202 valence electrons. The van der Waals surface area contributed by atoms with E-state index in [9.17, 15) is 9.59 Å². The first-order valence-electron chi connectivity index (χ1n) is 12.6. The summed E-state index contributed by atoms with van der Waals surface area (Å²) in [6.45, 7) is 5.50. The third kappa shape index (κ3) is 8.40. The normalized spacial score (nSPS) is 11.3. The minimum atomic E-state index is -0.622. The van der Waals surface area contributed by atoms with Crippen LogP contribution in [0.1, 0.15) is 32.8 Å². The van der Waals surface area contributed by atoms with Crippen molar-refractivity contribution < 1.29 is 14.3 Å². The number of benzene rings is 4. The number of rotatable bonds is 9. The van der Waals surface area contributed by atoms with E-state index in [0.717, 1.165) is 26.9 Å². The van der Waals surface area contributed by atoms with Crippen LogP contribution in [0.15, 0.2) is 89.8 Å². The van der Waals surface area contributed by atoms with Gasteiger partial charge in [-0.2, -0.15) is 0 Å². The van der Waals surface area contributed by atoms with Crippen molar-refractivity contribution in [3.8, 4) is 0 Å². The summed E-state index contributed by atoms with van der Waals surface area (Å²) >= 11 is 13.8. The molecule has 1 amide bonds. The number of aryl methyl sites for hydroxylation is 1. The van der Waals surface area contributed by atoms with E-state index in [-0.39, 0.29) is 18.4 Å². The summed E-state index contributed by atoms with van der Waals surface area (Å²) in [7, 11) is 0. The molecule has 0 aliphatic rings. The first-order chi connectivity index (χ1) is 18.6. The Morgan fingerprint density at radius 1 is 0.872 bits per heavy atom. The number of hydrogen-bond acceptors (Lipinski definition) is 5. The molecule has 0 saturated heterocycles. The first-order valence-corrected chi connectivity index (χ1v) is 14.1. The van der Waals surface area contributed by atoms with Crippen LogP contribution in [0.3, 0.4) is 0 Å². The zero-order chi connectivity index (χ0) is 28.0. The van der Waals surface area contributed by atoms with Crippen LogP contribution < -0.4 is 9.62 Å². The number of halogens is 2. The fourth-order valence-corrected chi connectivity index (χ4v) is 5.80. The van der Waals surface area contributed by atoms with Gasteiger partial charge in [0, 0.05) is 37.8 Å². The quantitative estimate of drug-likeness (QED) is 0.159. The maximum atomic E-state index is 12.9. The second-order valence-electron chi connectivity index (χ2n) is 10.0. The van der Waals surface area contributed by atoms with Crippen molar-refractivity contribution in [2.24, 2.45) is 0 Å². The molecule has 5 nitrogen and oxygen atoms in total. The highest BCUT2D eigenvalue weighted by Crippen LogP contribution is 2.38. The smallest absolute Gasteiger partial charge is 0.327 e. The van der Waals surface area contributed by atoms with Gasteiger partial charge in [-0.3, -0.25) is 9.59 Å². The lowest BCUT2D eigenvalue weighted by Crippen LogP contribution is -2.31. The first kappa shape index (κ1) is 28.8. The van der Waals surface area contributed by atoms with E-state index in [1.54, 1.807) is 18.2 Å². The molecular weight excluding hydrogens is 551 g/mol. The molecule has 4 aromatic carbocycles. The van der Waals surface area contributed by atoms with E-state index in [1.807, 2.05) is 91.8 Å². The van der Waals surface area contributed by atoms with Gasteiger partial charge in [0.1, 0.15) is 12.1 Å². The molecule has 39 heavy (non-hydrogen) atoms. The van der Waals surface area contributed by atoms with Crippen LogP contribution in [0, 0.1) is 0 Å². The van der Waals surface area contributed by atoms with Gasteiger partial charge in [-0.15, -0.1) is 0 Å². The lowest BCUT2D eigenvalue weighted by atomic mass is 10.1. The molecule has 0 spiro atoms. The van der Waals surface area contributed by atoms with E-state index in [0.29, 0.717) is 28.6 Å². The average molecular weight is 582 g/mol. The van der Waals surface area contributed by atoms with Crippen LogP contribution in [0.2, 0.25) is 10.0 Å². The number of nitrogens with zero attached hydrogens (tertiary/aromatic N) is 1. The molecule has 0 unspecified atom stereocenters. The van der Waals surface area contributed by atoms with Crippen molar-refractivity contribution in [2.45, 2.75) is 44.1 Å². The van der Waals surface area contributed by atoms with E-state index >= 15 is 0 Å². The molecule has 0 bridgehead atoms. The topological polar surface area (TPSA) is 58.6 Å². The van der Waals surface area contributed by atoms with Crippen molar-refractivity contribution in [1.82, 2.24) is 0 Å². The van der Waals surface area contributed by atoms with Gasteiger partial charge < -0.3 is 14.4 Å². The van der Waals surface area contributed by atoms with Crippen LogP contribution in [-0.2, 0) is 20.7 Å². The van der Waals surface area contributed by atoms with Gasteiger partial charge in [0.2, 0.25) is 5.91 Å². The Bertz CT molecular complexity index is 1450. The number of carbonyl (C=O) groups excluding carboxylic acids is 2. The molecule has 0 heterocycles. The highest BCUT2D eigenvalue weighted by atomic mass is 35.5. The summed E-state index contributed by atoms with van der Waals surface area (Å²) in [4.78, 5) is 26.5. The molecule has 0 aliphatic carbocycles. The van der Waals surface area contributed by atoms with Gasteiger partial charge in [-0.05, 0) is 75.0 Å². The largest absolute Gasteiger partial charge is 0.459 e. The number of hydrogen-bond donors (Lipinski definition) is 1. The lowest BCUT2D eigenvalue weighted by Gasteiger charge is -2.27. The molecule has 8 heteroatoms. The molecule has 0 aliphatic heterocycles. The highest BCUT2D eigenvalue weighted by Gasteiger charge is 2.22. The van der Waals surface area contributed by atoms with Crippen molar-refractivity contribution in [3.05, 3.63) is 101 Å². The Balaban J connectivity index is 1.64. The highest BCUT2D eigenvalue weighted by molar-refractivity contribution is 8.00. The second kappa shape index (κ2) is 12.8. The van der Waals surface area contributed by atoms with Gasteiger partial charge in [-0.1, -0.05) is 77.8 Å². The summed E-state index contributed by atoms with van der Waals surface area (Å²) < 4.78 is 7.48. The number of fused-ring (bicyclic) bond motifs is 1. The Hall–Kier alpha value is -3.19. The summed E-state index contributed by atoms with van der Waals surface area (Å²) in [5.74, 6) is -0.434. The van der Waals surface area contributed by atoms with Crippen molar-refractivity contribution in [2.75, 3.05) is 16.2 Å². The lowest BCUT2D eigenvalue weighted by molar-refractivity contribution is -0.152. The van der Waals surface area contributed by atoms with E-state index in [4.69, 9.17) is 27.9 Å². The maximum Gasteiger partial charge on any atom is 0.327 e. The second-order valence-corrected chi connectivity index (χ2v) is 12.0. The Kier molecular flexibility index (Phi) is 9.44. The molecule has 0 radical (unpaired) electrons. The molecule has 1 N–H and O–H groups in total. The van der Waals surface area contributed by atoms with Gasteiger partial charge in [0.15, 0.2) is 0 Å². The van der Waals surface area contributed by atoms with Crippen LogP contribution in [-0.4, -0.2) is 24.0 Å². The molecule has 0 aromatic heterocycles. The summed E-state index contributed by atoms with van der Waals surface area (Å²) in [5.41, 5.74) is 1.99. The van der Waals surface area contributed by atoms with Gasteiger partial charge in [-0.25, -0.2) is 0 Å². The predicted molar refractivity (Wildman–Crippen MR) is 163 cm³/mol. The van der Waals surface area contributed by atoms with E-state index in [2.05, 4.69) is 5.32 Å². The van der Waals surface area contributed by atoms with Crippen LogP contribution >= 0.6 is 35.1 Å². The number of anilines is 2. The number of carbonyl (C=O) groups is 2. The zero-order valence-electron chi connectivity index (χ0n) is 22.0. The molecule has 0 atom stereocenters. The Morgan fingerprint density at radius 3 is 2.23 bits per heavy atom. The van der Waals surface area contributed by atoms with Crippen LogP contribution in [0.25, 0.3) is 10.8 Å². The fourth-order valence-electron chi connectivity index (χ4n) is 4.10. The maximum absolute atomic E-state index is 12.9. The minimum Gasteiger partial charge on any atom is -0.459 e. The van der Waals surface area contributed by atoms with Crippen LogP contribution in [0.5, 0.6) is 0 Å². The Morgan fingerprint density at radius 2 is 1.54 bits per heavy atom. The number of amides is 1. The monoisotopic (exact) mass is 580 g/mol. The summed E-state index contributed by atoms with van der Waals surface area (Å²) in [6, 6.07) is 26.7. The minimum absolute atomic E-state index is 0.0150. The number of esters is 1. The van der Waals surface area contributed by atoms with Crippen molar-refractivity contribution in [3.63, 3.8) is 0 Å². The Labute approximate surface area is 243 Å². The van der Waals surface area contributed by atoms with Crippen molar-refractivity contribution in [1.29, 1.82) is 0 Å². The zero-order valence-corrected chi connectivity index (χ0v) is 24.4. The van der Waals surface area contributed by atoms with Crippen molar-refractivity contribution >= 4 is 69.2 Å². The van der Waals surface area contributed by atoms with Gasteiger partial charge >= 0.3 is 5.97 Å². The third-order valence-corrected chi connectivity index (χ3v) is 7.10. The standard InChI is InChI=1S/C31H30Cl2N2O3S/c1-31(2,3)38-30(37)20-35(39-24-18-22(32)17-23(33)19-24)28-14-8-11-25-26(28)12-7-13-27(25)34-29(36)16-15-21-9-5-4-6-10-21/h4-14,17-19H,15-16,20H2,1-3H3,(H,34,36). The van der Waals surface area contributed by atoms with Gasteiger partial charge in [0.25, 0.3) is 0 Å². The number of nitrogens with one attached hydrogen (secondary N) is 1. The van der Waals surface area contributed by atoms with Crippen LogP contribution in [0.4, 0.5) is 11.4 Å². The third-order valence-electron chi connectivity index (χ3n) is 5.67. The number of ether oxygens (including phenoxy) is 1. The molecule has 0 saturated carbocycles. The SMILES string of the molecule is CC(C)(C)OC(=O)CN(Sc1cc(Cl)cc(Cl)c1)c1cccc2c(NC(=O)CCc3ccccc3)cccc12. The van der Waals surface area contributed by atoms with Gasteiger partial charge in [0.05, 0.1) is 5.69 Å². The molecule has 0 fully saturated rings. The summed E-state index contributed by atoms with van der Waals surface area (Å²) in [5, 5.41) is 5.81. The fraction of sp³-hybridized carbons (Fsp3) is 0.226. The van der Waals surface area contributed by atoms with E-state index < -0.39 is 5.60 Å².